The van der Waals surface area contributed by atoms with Crippen LogP contribution < -0.4 is 16.4 Å². The summed E-state index contributed by atoms with van der Waals surface area (Å²) in [6.07, 6.45) is 11.5. The number of nitrogens with two attached hydrogens (primary N) is 1. The Morgan fingerprint density at radius 1 is 0.602 bits per heavy atom. The molecule has 2 heterocycles. The lowest BCUT2D eigenvalue weighted by Gasteiger charge is -2.59. The average molecular weight is 1600 g/mol. The maximum Gasteiger partial charge on any atom is 0.407 e. The highest BCUT2D eigenvalue weighted by Gasteiger charge is 2.78. The third-order valence-electron chi connectivity index (χ3n) is 28.8. The van der Waals surface area contributed by atoms with Crippen molar-refractivity contribution in [3.63, 3.8) is 0 Å². The predicted octanol–water partition coefficient (Wildman–Crippen LogP) is 13.5. The van der Waals surface area contributed by atoms with Gasteiger partial charge in [-0.05, 0) is 208 Å². The van der Waals surface area contributed by atoms with Crippen molar-refractivity contribution in [2.75, 3.05) is 37.4 Å². The number of rotatable bonds is 21. The fourth-order valence-corrected chi connectivity index (χ4v) is 23.6. The fraction of sp³-hybridized carbons (Fsp3) is 0.464. The number of Topliss-reactive ketones (excluding diaryl/α,β-unsaturated/α-hetero) is 3. The number of nitrogen functional groups attached to an aromatic ring is 1. The van der Waals surface area contributed by atoms with Crippen molar-refractivity contribution < 1.29 is 87.2 Å². The summed E-state index contributed by atoms with van der Waals surface area (Å²) < 4.78 is 37.9. The Morgan fingerprint density at radius 3 is 1.57 bits per heavy atom. The first kappa shape index (κ1) is 82.0. The van der Waals surface area contributed by atoms with Crippen LogP contribution in [0.5, 0.6) is 0 Å². The molecule has 0 spiro atoms. The molecule has 2 aliphatic heterocycles. The quantitative estimate of drug-likeness (QED) is 0.0260. The van der Waals surface area contributed by atoms with Crippen LogP contribution in [0.4, 0.5) is 16.2 Å². The van der Waals surface area contributed by atoms with E-state index < -0.39 is 124 Å². The lowest BCUT2D eigenvalue weighted by Crippen LogP contribution is -2.63. The van der Waals surface area contributed by atoms with E-state index in [9.17, 15) is 58.8 Å². The molecule has 6 saturated carbocycles. The first-order valence-corrected chi connectivity index (χ1v) is 41.8. The Labute approximate surface area is 688 Å². The number of ether oxygens (including phenoxy) is 6. The number of aliphatic hydroxyl groups excluding tert-OH is 4. The van der Waals surface area contributed by atoms with E-state index in [0.717, 1.165) is 99.0 Å². The molecule has 0 radical (unpaired) electrons. The van der Waals surface area contributed by atoms with E-state index >= 15 is 0 Å². The van der Waals surface area contributed by atoms with E-state index in [2.05, 4.69) is 31.4 Å². The molecule has 0 bridgehead atoms. The van der Waals surface area contributed by atoms with Crippen LogP contribution in [0, 0.1) is 63.1 Å². The second-order valence-electron chi connectivity index (χ2n) is 36.7. The Hall–Kier alpha value is -9.68. The number of esters is 1. The summed E-state index contributed by atoms with van der Waals surface area (Å²) in [5.41, 5.74) is 13.3. The van der Waals surface area contributed by atoms with Crippen LogP contribution >= 0.6 is 0 Å². The van der Waals surface area contributed by atoms with E-state index in [1.165, 1.54) is 0 Å². The van der Waals surface area contributed by atoms with Crippen molar-refractivity contribution in [2.45, 2.75) is 192 Å². The number of nitrogens with one attached hydrogen (secondary N) is 2. The number of carbonyl (C=O) groups is 8. The summed E-state index contributed by atoms with van der Waals surface area (Å²) in [6.45, 7) is 11.9. The van der Waals surface area contributed by atoms with Crippen molar-refractivity contribution >= 4 is 58.3 Å². The first-order valence-electron chi connectivity index (χ1n) is 41.8. The third-order valence-corrected chi connectivity index (χ3v) is 28.8. The molecule has 21 heteroatoms. The molecule has 0 unspecified atom stereocenters. The summed E-state index contributed by atoms with van der Waals surface area (Å²) in [4.78, 5) is 105. The molecule has 17 rings (SSSR count). The van der Waals surface area contributed by atoms with E-state index in [1.807, 2.05) is 159 Å². The zero-order chi connectivity index (χ0) is 83.2. The minimum absolute atomic E-state index is 0.00425. The summed E-state index contributed by atoms with van der Waals surface area (Å²) in [5, 5.41) is 50.0. The Kier molecular flexibility index (Phi) is 22.1. The van der Waals surface area contributed by atoms with Crippen LogP contribution in [-0.4, -0.2) is 135 Å². The SMILES string of the molecule is CC(C)(C)OC(=O)CC[C@H](CC(=O)CNC(=O)OCC1c2ccccc2-c2ccccc21)C(=O)Nc1cccc(Cc2ccc([C@@H]3O[C@@H]4C[C@H]5[C@@H]6CCC7=CC(=O)C=C[C@]7(C)[C@H]6[C@@H](O)C[C@]5(C)[C@]4(C(=O)CO)O3)cc2)c1.C[C@]12C=CC(=O)C=C1CC[C@@H]1[C@@H]2[C@@H](O)C[C@@]2(C)[C@H]1C[C@H]1O[C@@H](c3ccc(Cc4cccc(N)c4)cc3)O[C@]12C(=O)CO. The van der Waals surface area contributed by atoms with Crippen LogP contribution in [0.25, 0.3) is 11.1 Å². The van der Waals surface area contributed by atoms with Gasteiger partial charge in [0.2, 0.25) is 5.91 Å². The minimum atomic E-state index is -1.47. The molecule has 8 N–H and O–H groups in total. The van der Waals surface area contributed by atoms with Gasteiger partial charge in [-0.25, -0.2) is 4.79 Å². The van der Waals surface area contributed by atoms with Crippen LogP contribution in [0.15, 0.2) is 193 Å². The molecule has 8 fully saturated rings. The molecule has 2 amide bonds. The number of benzene rings is 6. The van der Waals surface area contributed by atoms with Crippen molar-refractivity contribution in [3.05, 3.63) is 238 Å². The van der Waals surface area contributed by atoms with E-state index in [1.54, 1.807) is 51.1 Å². The van der Waals surface area contributed by atoms with Gasteiger partial charge < -0.3 is 65.2 Å². The van der Waals surface area contributed by atoms with Gasteiger partial charge in [-0.2, -0.15) is 0 Å². The molecule has 2 saturated heterocycles. The van der Waals surface area contributed by atoms with Gasteiger partial charge in [-0.15, -0.1) is 0 Å². The predicted molar refractivity (Wildman–Crippen MR) is 440 cm³/mol. The Morgan fingerprint density at radius 2 is 1.08 bits per heavy atom. The zero-order valence-corrected chi connectivity index (χ0v) is 68.0. The maximum absolute atomic E-state index is 14.1. The third kappa shape index (κ3) is 14.6. The summed E-state index contributed by atoms with van der Waals surface area (Å²) in [6, 6.07) is 46.9. The first-order chi connectivity index (χ1) is 56.4. The number of amides is 2. The normalized spacial score (nSPS) is 32.5. The molecule has 6 aromatic carbocycles. The number of allylic oxidation sites excluding steroid dienone is 8. The maximum atomic E-state index is 14.1. The number of anilines is 2. The van der Waals surface area contributed by atoms with Gasteiger partial charge >= 0.3 is 12.1 Å². The number of ketones is 5. The average Bonchev–Trinajstić information content (AvgIpc) is 1.50. The minimum Gasteiger partial charge on any atom is -0.460 e. The van der Waals surface area contributed by atoms with Gasteiger partial charge in [0.05, 0.1) is 31.0 Å². The molecule has 19 atom stereocenters. The lowest BCUT2D eigenvalue weighted by atomic mass is 9.46. The second kappa shape index (κ2) is 31.8. The van der Waals surface area contributed by atoms with E-state index in [0.29, 0.717) is 36.9 Å². The second-order valence-corrected chi connectivity index (χ2v) is 36.7. The van der Waals surface area contributed by atoms with Crippen molar-refractivity contribution in [2.24, 2.45) is 63.1 Å². The van der Waals surface area contributed by atoms with Gasteiger partial charge in [0.1, 0.15) is 25.4 Å². The van der Waals surface area contributed by atoms with Gasteiger partial charge in [0, 0.05) is 80.7 Å². The largest absolute Gasteiger partial charge is 0.460 e. The summed E-state index contributed by atoms with van der Waals surface area (Å²) in [7, 11) is 0. The smallest absolute Gasteiger partial charge is 0.407 e. The molecular formula is C97H107N3O18. The number of hydrogen-bond donors (Lipinski definition) is 7. The van der Waals surface area contributed by atoms with Crippen LogP contribution in [-0.2, 0) is 74.8 Å². The molecule has 0 aromatic heterocycles. The van der Waals surface area contributed by atoms with Gasteiger partial charge in [0.25, 0.3) is 0 Å². The molecule has 618 valence electrons. The number of aliphatic hydroxyl groups is 4. The highest BCUT2D eigenvalue weighted by molar-refractivity contribution is 6.02. The highest BCUT2D eigenvalue weighted by Crippen LogP contribution is 2.73. The monoisotopic (exact) mass is 1600 g/mol. The number of carbonyl (C=O) groups excluding carboxylic acids is 8. The molecule has 11 aliphatic rings. The molecule has 118 heavy (non-hydrogen) atoms. The van der Waals surface area contributed by atoms with Crippen molar-refractivity contribution in [1.82, 2.24) is 5.32 Å². The highest BCUT2D eigenvalue weighted by atomic mass is 16.8. The fourth-order valence-electron chi connectivity index (χ4n) is 23.6. The summed E-state index contributed by atoms with van der Waals surface area (Å²) in [5.74, 6) is -3.27. The number of fused-ring (bicyclic) bond motifs is 17. The van der Waals surface area contributed by atoms with E-state index in [-0.39, 0.29) is 97.6 Å². The van der Waals surface area contributed by atoms with Crippen LogP contribution in [0.1, 0.15) is 182 Å². The Balaban J connectivity index is 0.000000208. The number of hydrogen-bond acceptors (Lipinski definition) is 19. The lowest BCUT2D eigenvalue weighted by molar-refractivity contribution is -0.201. The standard InChI is InChI=1S/C62H68N2O12.C35H39NO6/c1-59(2,3)75-54(70)24-21-39(29-43(67)33-63-58(72)73-35-49-46-15-8-6-13-44(46)45-14-7-9-16-47(45)49)56(71)64-41-12-10-11-37(28-41)27-36-17-19-38(20-18-36)57-74-53-31-50-48-23-22-40-30-42(66)25-26-60(40,4)55(48)51(68)32-61(50,5)62(53,76-57)52(69)34-65;1-33-13-12-25(38)16-23(33)10-11-26-27-17-30-35(29(40)19-37,34(27,2)18-28(39)31(26)33)42-32(41-30)22-8-6-20(7-9-22)14-21-4-3-5-24(36)15-21/h6-20,25-26,28,30,39,48-51,53,55,57,65,68H,21-24,27,29,31-35H2,1-5H3,(H,63,72)(H,64,71);3-9,12-13,15-16,26-28,30-32,37,39H,10-11,14,17-19,36H2,1-2H3/t39-,48+,50+,51+,53-,55-,57-,60+,61+,62-;26-,27-,28-,30+,31+,32+,33-,34-,35+/m10/s1. The number of alkyl carbamates (subject to hydrolysis) is 1. The topological polar surface area (TPSA) is 323 Å². The molecular weight excluding hydrogens is 1500 g/mol. The van der Waals surface area contributed by atoms with Crippen LogP contribution in [0.3, 0.4) is 0 Å². The van der Waals surface area contributed by atoms with Gasteiger partial charge in [-0.3, -0.25) is 33.6 Å². The Bertz CT molecular complexity index is 5050. The van der Waals surface area contributed by atoms with Crippen LogP contribution in [0.2, 0.25) is 0 Å². The van der Waals surface area contributed by atoms with Gasteiger partial charge in [0.15, 0.2) is 52.7 Å². The molecule has 21 nitrogen and oxygen atoms in total. The summed E-state index contributed by atoms with van der Waals surface area (Å²) >= 11 is 0. The molecule has 9 aliphatic carbocycles. The molecule has 6 aromatic rings. The zero-order valence-electron chi connectivity index (χ0n) is 68.0. The van der Waals surface area contributed by atoms with E-state index in [4.69, 9.17) is 34.2 Å². The van der Waals surface area contributed by atoms with Gasteiger partial charge in [-0.1, -0.05) is 172 Å². The van der Waals surface area contributed by atoms with Crippen molar-refractivity contribution in [3.8, 4) is 11.1 Å². The van der Waals surface area contributed by atoms with Crippen molar-refractivity contribution in [1.29, 1.82) is 0 Å².